The maximum absolute atomic E-state index is 11.2. The third-order valence-electron chi connectivity index (χ3n) is 2.09. The van der Waals surface area contributed by atoms with Gasteiger partial charge in [0.1, 0.15) is 0 Å². The Morgan fingerprint density at radius 3 is 2.40 bits per heavy atom. The average Bonchev–Trinajstić information content (AvgIpc) is 2.21. The van der Waals surface area contributed by atoms with Crippen molar-refractivity contribution in [1.29, 1.82) is 0 Å². The molecule has 0 saturated heterocycles. The Labute approximate surface area is 90.4 Å². The van der Waals surface area contributed by atoms with Gasteiger partial charge in [0.25, 0.3) is 0 Å². The van der Waals surface area contributed by atoms with Gasteiger partial charge in [-0.25, -0.2) is 8.42 Å². The van der Waals surface area contributed by atoms with E-state index >= 15 is 0 Å². The van der Waals surface area contributed by atoms with Crippen LogP contribution in [0, 0.1) is 0 Å². The molecule has 1 rings (SSSR count). The Morgan fingerprint density at radius 2 is 1.87 bits per heavy atom. The van der Waals surface area contributed by atoms with E-state index in [1.54, 1.807) is 19.1 Å². The van der Waals surface area contributed by atoms with Gasteiger partial charge in [-0.3, -0.25) is 0 Å². The predicted molar refractivity (Wildman–Crippen MR) is 63.7 cm³/mol. The fraction of sp³-hybridized carbons (Fsp3) is 0.400. The van der Waals surface area contributed by atoms with Crippen LogP contribution in [-0.4, -0.2) is 26.5 Å². The van der Waals surface area contributed by atoms with Crippen LogP contribution in [0.4, 0.5) is 11.4 Å². The predicted octanol–water partition coefficient (Wildman–Crippen LogP) is 1.12. The summed E-state index contributed by atoms with van der Waals surface area (Å²) in [5, 5.41) is 3.03. The molecular formula is C10H16N2O2S. The monoisotopic (exact) mass is 228 g/mol. The number of anilines is 2. The molecule has 0 aliphatic carbocycles. The second-order valence-electron chi connectivity index (χ2n) is 3.29. The highest BCUT2D eigenvalue weighted by Gasteiger charge is 2.05. The van der Waals surface area contributed by atoms with Gasteiger partial charge >= 0.3 is 0 Å². The lowest BCUT2D eigenvalue weighted by Crippen LogP contribution is -2.17. The van der Waals surface area contributed by atoms with Crippen LogP contribution in [0.25, 0.3) is 0 Å². The number of nitrogens with one attached hydrogen (secondary N) is 1. The van der Waals surface area contributed by atoms with Gasteiger partial charge in [-0.2, -0.15) is 0 Å². The van der Waals surface area contributed by atoms with Crippen LogP contribution < -0.4 is 11.1 Å². The number of hydrogen-bond acceptors (Lipinski definition) is 4. The van der Waals surface area contributed by atoms with Crippen LogP contribution in [0.1, 0.15) is 6.92 Å². The average molecular weight is 228 g/mol. The molecule has 0 aliphatic rings. The van der Waals surface area contributed by atoms with E-state index in [0.29, 0.717) is 12.2 Å². The fourth-order valence-electron chi connectivity index (χ4n) is 1.10. The molecule has 4 nitrogen and oxygen atoms in total. The minimum atomic E-state index is -2.88. The van der Waals surface area contributed by atoms with Gasteiger partial charge in [0.2, 0.25) is 0 Å². The van der Waals surface area contributed by atoms with Crippen LogP contribution in [-0.2, 0) is 9.84 Å². The summed E-state index contributed by atoms with van der Waals surface area (Å²) in [7, 11) is -2.88. The zero-order valence-electron chi connectivity index (χ0n) is 8.73. The van der Waals surface area contributed by atoms with Crippen molar-refractivity contribution in [2.75, 3.05) is 29.1 Å². The molecule has 5 heteroatoms. The largest absolute Gasteiger partial charge is 0.399 e. The lowest BCUT2D eigenvalue weighted by molar-refractivity contribution is 0.597. The first kappa shape index (κ1) is 11.8. The molecule has 1 aromatic carbocycles. The molecule has 0 aromatic heterocycles. The van der Waals surface area contributed by atoms with E-state index in [1.165, 1.54) is 0 Å². The molecule has 0 radical (unpaired) electrons. The number of nitrogens with two attached hydrogens (primary N) is 1. The first-order chi connectivity index (χ1) is 7.03. The van der Waals surface area contributed by atoms with Crippen molar-refractivity contribution < 1.29 is 8.42 Å². The quantitative estimate of drug-likeness (QED) is 0.741. The van der Waals surface area contributed by atoms with Crippen LogP contribution in [0.3, 0.4) is 0 Å². The molecular weight excluding hydrogens is 212 g/mol. The second kappa shape index (κ2) is 5.02. The van der Waals surface area contributed by atoms with E-state index in [0.717, 1.165) is 5.69 Å². The summed E-state index contributed by atoms with van der Waals surface area (Å²) < 4.78 is 22.4. The molecule has 3 N–H and O–H groups in total. The van der Waals surface area contributed by atoms with Crippen molar-refractivity contribution in [3.8, 4) is 0 Å². The van der Waals surface area contributed by atoms with Gasteiger partial charge in [0.05, 0.1) is 5.75 Å². The van der Waals surface area contributed by atoms with Crippen LogP contribution >= 0.6 is 0 Å². The van der Waals surface area contributed by atoms with E-state index in [9.17, 15) is 8.42 Å². The summed E-state index contributed by atoms with van der Waals surface area (Å²) >= 11 is 0. The minimum absolute atomic E-state index is 0.161. The molecule has 0 aliphatic heterocycles. The maximum atomic E-state index is 11.2. The summed E-state index contributed by atoms with van der Waals surface area (Å²) in [6.07, 6.45) is 0. The molecule has 0 saturated carbocycles. The molecule has 0 unspecified atom stereocenters. The maximum Gasteiger partial charge on any atom is 0.151 e. The lowest BCUT2D eigenvalue weighted by atomic mass is 10.3. The highest BCUT2D eigenvalue weighted by Crippen LogP contribution is 2.09. The third-order valence-corrected chi connectivity index (χ3v) is 3.80. The molecule has 1 aromatic rings. The SMILES string of the molecule is CCS(=O)(=O)CCNc1ccc(N)cc1. The number of hydrogen-bond donors (Lipinski definition) is 2. The highest BCUT2D eigenvalue weighted by molar-refractivity contribution is 7.91. The fourth-order valence-corrected chi connectivity index (χ4v) is 1.80. The van der Waals surface area contributed by atoms with Crippen molar-refractivity contribution in [2.24, 2.45) is 0 Å². The van der Waals surface area contributed by atoms with E-state index in [2.05, 4.69) is 5.32 Å². The number of benzene rings is 1. The molecule has 0 bridgehead atoms. The number of nitrogen functional groups attached to an aromatic ring is 1. The zero-order valence-corrected chi connectivity index (χ0v) is 9.55. The number of rotatable bonds is 5. The Bertz CT molecular complexity index is 398. The van der Waals surface area contributed by atoms with E-state index < -0.39 is 9.84 Å². The van der Waals surface area contributed by atoms with Gasteiger partial charge in [0, 0.05) is 23.7 Å². The first-order valence-electron chi connectivity index (χ1n) is 4.83. The van der Waals surface area contributed by atoms with E-state index in [1.807, 2.05) is 12.1 Å². The second-order valence-corrected chi connectivity index (χ2v) is 5.76. The van der Waals surface area contributed by atoms with E-state index in [-0.39, 0.29) is 11.5 Å². The zero-order chi connectivity index (χ0) is 11.3. The lowest BCUT2D eigenvalue weighted by Gasteiger charge is -2.06. The van der Waals surface area contributed by atoms with Crippen LogP contribution in [0.5, 0.6) is 0 Å². The molecule has 84 valence electrons. The summed E-state index contributed by atoms with van der Waals surface area (Å²) in [4.78, 5) is 0. The minimum Gasteiger partial charge on any atom is -0.399 e. The van der Waals surface area contributed by atoms with Crippen molar-refractivity contribution in [3.63, 3.8) is 0 Å². The normalized spacial score (nSPS) is 11.3. The smallest absolute Gasteiger partial charge is 0.151 e. The Balaban J connectivity index is 2.42. The molecule has 0 heterocycles. The van der Waals surface area contributed by atoms with Crippen molar-refractivity contribution in [2.45, 2.75) is 6.92 Å². The molecule has 15 heavy (non-hydrogen) atoms. The van der Waals surface area contributed by atoms with Gasteiger partial charge in [0.15, 0.2) is 9.84 Å². The third kappa shape index (κ3) is 4.20. The summed E-state index contributed by atoms with van der Waals surface area (Å²) in [5.41, 5.74) is 7.10. The Morgan fingerprint density at radius 1 is 1.27 bits per heavy atom. The van der Waals surface area contributed by atoms with Crippen LogP contribution in [0.2, 0.25) is 0 Å². The summed E-state index contributed by atoms with van der Waals surface area (Å²) in [6.45, 7) is 2.08. The topological polar surface area (TPSA) is 72.2 Å². The highest BCUT2D eigenvalue weighted by atomic mass is 32.2. The molecule has 0 fully saturated rings. The van der Waals surface area contributed by atoms with Gasteiger partial charge < -0.3 is 11.1 Å². The molecule has 0 amide bonds. The van der Waals surface area contributed by atoms with Gasteiger partial charge in [-0.1, -0.05) is 6.92 Å². The van der Waals surface area contributed by atoms with Gasteiger partial charge in [-0.05, 0) is 24.3 Å². The first-order valence-corrected chi connectivity index (χ1v) is 6.65. The van der Waals surface area contributed by atoms with Crippen LogP contribution in [0.15, 0.2) is 24.3 Å². The van der Waals surface area contributed by atoms with Crippen molar-refractivity contribution >= 4 is 21.2 Å². The number of sulfone groups is 1. The standard InChI is InChI=1S/C10H16N2O2S/c1-2-15(13,14)8-7-12-10-5-3-9(11)4-6-10/h3-6,12H,2,7-8,11H2,1H3. The summed E-state index contributed by atoms with van der Waals surface area (Å²) in [5.74, 6) is 0.351. The Kier molecular flexibility index (Phi) is 3.96. The summed E-state index contributed by atoms with van der Waals surface area (Å²) in [6, 6.07) is 7.20. The Hall–Kier alpha value is -1.23. The van der Waals surface area contributed by atoms with Crippen molar-refractivity contribution in [3.05, 3.63) is 24.3 Å². The van der Waals surface area contributed by atoms with E-state index in [4.69, 9.17) is 5.73 Å². The molecule has 0 atom stereocenters. The van der Waals surface area contributed by atoms with Crippen molar-refractivity contribution in [1.82, 2.24) is 0 Å². The van der Waals surface area contributed by atoms with Gasteiger partial charge in [-0.15, -0.1) is 0 Å². The molecule has 0 spiro atoms.